The predicted molar refractivity (Wildman–Crippen MR) is 78.2 cm³/mol. The van der Waals surface area contributed by atoms with Gasteiger partial charge in [-0.2, -0.15) is 0 Å². The molecule has 0 unspecified atom stereocenters. The van der Waals surface area contributed by atoms with Crippen LogP contribution in [0.1, 0.15) is 35.2 Å². The molecule has 0 bridgehead atoms. The molecule has 1 saturated carbocycles. The lowest BCUT2D eigenvalue weighted by atomic mass is 9.83. The van der Waals surface area contributed by atoms with Crippen molar-refractivity contribution >= 4 is 27.4 Å². The molecule has 1 aromatic rings. The maximum atomic E-state index is 12.4. The number of sulfone groups is 1. The molecule has 0 heterocycles. The first kappa shape index (κ1) is 15.5. The number of aryl methyl sites for hydroxylation is 1. The van der Waals surface area contributed by atoms with Gasteiger partial charge in [-0.05, 0) is 43.9 Å². The van der Waals surface area contributed by atoms with Crippen LogP contribution in [0.2, 0.25) is 0 Å². The highest BCUT2D eigenvalue weighted by Gasteiger charge is 2.52. The van der Waals surface area contributed by atoms with Crippen molar-refractivity contribution < 1.29 is 23.1 Å². The van der Waals surface area contributed by atoms with Gasteiger partial charge >= 0.3 is 5.97 Å². The second-order valence-electron chi connectivity index (χ2n) is 5.41. The summed E-state index contributed by atoms with van der Waals surface area (Å²) in [4.78, 5) is 23.3. The molecule has 2 rings (SSSR count). The number of carbonyl (C=O) groups is 2. The summed E-state index contributed by atoms with van der Waals surface area (Å²) in [5.74, 6) is -1.69. The molecule has 0 radical (unpaired) electrons. The minimum absolute atomic E-state index is 0.0397. The van der Waals surface area contributed by atoms with Crippen molar-refractivity contribution in [3.05, 3.63) is 29.3 Å². The van der Waals surface area contributed by atoms with Crippen LogP contribution in [0.15, 0.2) is 18.2 Å². The summed E-state index contributed by atoms with van der Waals surface area (Å²) >= 11 is 0. The van der Waals surface area contributed by atoms with Crippen LogP contribution in [0.25, 0.3) is 0 Å². The molecule has 0 atom stereocenters. The van der Waals surface area contributed by atoms with Crippen LogP contribution in [0.5, 0.6) is 0 Å². The fourth-order valence-corrected chi connectivity index (χ4v) is 3.81. The van der Waals surface area contributed by atoms with Crippen molar-refractivity contribution in [2.24, 2.45) is 0 Å². The fourth-order valence-electron chi connectivity index (χ4n) is 2.39. The van der Waals surface area contributed by atoms with Gasteiger partial charge in [-0.25, -0.2) is 13.2 Å². The topological polar surface area (TPSA) is 101 Å². The highest BCUT2D eigenvalue weighted by Crippen LogP contribution is 2.40. The van der Waals surface area contributed by atoms with Crippen molar-refractivity contribution in [3.8, 4) is 0 Å². The molecule has 0 spiro atoms. The standard InChI is InChI=1S/C14H17NO5S/c1-9-4-5-10(12(16)17)8-11(9)15-13(18)14(6-3-7-14)21(2,19)20/h4-5,8H,3,6-7H2,1-2H3,(H,15,18)(H,16,17). The number of amides is 1. The third kappa shape index (κ3) is 2.65. The van der Waals surface area contributed by atoms with Gasteiger partial charge < -0.3 is 10.4 Å². The zero-order valence-corrected chi connectivity index (χ0v) is 12.7. The summed E-state index contributed by atoms with van der Waals surface area (Å²) in [6.07, 6.45) is 2.35. The van der Waals surface area contributed by atoms with E-state index in [2.05, 4.69) is 5.32 Å². The highest BCUT2D eigenvalue weighted by atomic mass is 32.2. The summed E-state index contributed by atoms with van der Waals surface area (Å²) in [5.41, 5.74) is 1.05. The molecule has 21 heavy (non-hydrogen) atoms. The Morgan fingerprint density at radius 3 is 2.33 bits per heavy atom. The lowest BCUT2D eigenvalue weighted by molar-refractivity contribution is -0.120. The third-order valence-corrected chi connectivity index (χ3v) is 6.03. The lowest BCUT2D eigenvalue weighted by Crippen LogP contribution is -2.54. The zero-order valence-electron chi connectivity index (χ0n) is 11.8. The molecule has 1 amide bonds. The van der Waals surface area contributed by atoms with Gasteiger partial charge in [-0.3, -0.25) is 4.79 Å². The molecular formula is C14H17NO5S. The van der Waals surface area contributed by atoms with Crippen molar-refractivity contribution in [2.45, 2.75) is 30.9 Å². The van der Waals surface area contributed by atoms with E-state index in [9.17, 15) is 18.0 Å². The smallest absolute Gasteiger partial charge is 0.335 e. The third-order valence-electron chi connectivity index (χ3n) is 4.02. The summed E-state index contributed by atoms with van der Waals surface area (Å²) in [6, 6.07) is 4.35. The first-order chi connectivity index (χ1) is 9.67. The van der Waals surface area contributed by atoms with Gasteiger partial charge in [0.15, 0.2) is 14.6 Å². The number of carboxylic acids is 1. The van der Waals surface area contributed by atoms with E-state index < -0.39 is 26.5 Å². The van der Waals surface area contributed by atoms with Crippen LogP contribution in [-0.2, 0) is 14.6 Å². The Morgan fingerprint density at radius 1 is 1.29 bits per heavy atom. The summed E-state index contributed by atoms with van der Waals surface area (Å²) in [5, 5.41) is 11.5. The maximum absolute atomic E-state index is 12.4. The molecule has 0 aromatic heterocycles. The number of carbonyl (C=O) groups excluding carboxylic acids is 1. The summed E-state index contributed by atoms with van der Waals surface area (Å²) < 4.78 is 22.4. The number of aromatic carboxylic acids is 1. The van der Waals surface area contributed by atoms with Gasteiger partial charge in [-0.15, -0.1) is 0 Å². The molecule has 7 heteroatoms. The van der Waals surface area contributed by atoms with E-state index in [1.54, 1.807) is 13.0 Å². The second-order valence-corrected chi connectivity index (χ2v) is 7.73. The van der Waals surface area contributed by atoms with Crippen molar-refractivity contribution in [3.63, 3.8) is 0 Å². The van der Waals surface area contributed by atoms with Crippen LogP contribution in [0, 0.1) is 6.92 Å². The fraction of sp³-hybridized carbons (Fsp3) is 0.429. The van der Waals surface area contributed by atoms with E-state index in [-0.39, 0.29) is 5.56 Å². The molecule has 0 aliphatic heterocycles. The molecule has 2 N–H and O–H groups in total. The van der Waals surface area contributed by atoms with E-state index in [0.29, 0.717) is 30.5 Å². The lowest BCUT2D eigenvalue weighted by Gasteiger charge is -2.38. The normalized spacial score (nSPS) is 16.9. The molecule has 6 nitrogen and oxygen atoms in total. The molecule has 1 aliphatic rings. The summed E-state index contributed by atoms with van der Waals surface area (Å²) in [6.45, 7) is 1.72. The van der Waals surface area contributed by atoms with Crippen LogP contribution in [0.4, 0.5) is 5.69 Å². The number of anilines is 1. The Morgan fingerprint density at radius 2 is 1.90 bits per heavy atom. The average molecular weight is 311 g/mol. The Balaban J connectivity index is 2.32. The number of rotatable bonds is 4. The van der Waals surface area contributed by atoms with Crippen LogP contribution in [0.3, 0.4) is 0 Å². The molecular weight excluding hydrogens is 294 g/mol. The van der Waals surface area contributed by atoms with E-state index in [1.807, 2.05) is 0 Å². The van der Waals surface area contributed by atoms with Crippen molar-refractivity contribution in [1.82, 2.24) is 0 Å². The maximum Gasteiger partial charge on any atom is 0.335 e. The molecule has 1 aromatic carbocycles. The molecule has 1 fully saturated rings. The number of carboxylic acid groups (broad SMARTS) is 1. The predicted octanol–water partition coefficient (Wildman–Crippen LogP) is 1.60. The Labute approximate surface area is 123 Å². The van der Waals surface area contributed by atoms with Crippen molar-refractivity contribution in [1.29, 1.82) is 0 Å². The zero-order chi connectivity index (χ0) is 15.8. The van der Waals surface area contributed by atoms with Crippen LogP contribution < -0.4 is 5.32 Å². The van der Waals surface area contributed by atoms with Crippen LogP contribution >= 0.6 is 0 Å². The number of hydrogen-bond donors (Lipinski definition) is 2. The molecule has 114 valence electrons. The van der Waals surface area contributed by atoms with E-state index >= 15 is 0 Å². The number of hydrogen-bond acceptors (Lipinski definition) is 4. The van der Waals surface area contributed by atoms with Gasteiger partial charge in [0.2, 0.25) is 5.91 Å². The van der Waals surface area contributed by atoms with E-state index in [0.717, 1.165) is 6.26 Å². The Kier molecular flexibility index (Phi) is 3.79. The Bertz CT molecular complexity index is 704. The first-order valence-corrected chi connectivity index (χ1v) is 8.41. The number of nitrogens with one attached hydrogen (secondary N) is 1. The highest BCUT2D eigenvalue weighted by molar-refractivity contribution is 7.93. The SMILES string of the molecule is Cc1ccc(C(=O)O)cc1NC(=O)C1(S(C)(=O)=O)CCC1. The second kappa shape index (κ2) is 5.14. The van der Waals surface area contributed by atoms with Crippen LogP contribution in [-0.4, -0.2) is 36.4 Å². The molecule has 0 saturated heterocycles. The Hall–Kier alpha value is -1.89. The quantitative estimate of drug-likeness (QED) is 0.879. The largest absolute Gasteiger partial charge is 0.478 e. The minimum Gasteiger partial charge on any atom is -0.478 e. The van der Waals surface area contributed by atoms with Gasteiger partial charge in [0.05, 0.1) is 5.56 Å². The monoisotopic (exact) mass is 311 g/mol. The van der Waals surface area contributed by atoms with E-state index in [1.165, 1.54) is 12.1 Å². The van der Waals surface area contributed by atoms with Crippen molar-refractivity contribution in [2.75, 3.05) is 11.6 Å². The average Bonchev–Trinajstić information content (AvgIpc) is 2.27. The molecule has 1 aliphatic carbocycles. The number of benzene rings is 1. The van der Waals surface area contributed by atoms with Gasteiger partial charge in [-0.1, -0.05) is 6.07 Å². The first-order valence-electron chi connectivity index (χ1n) is 6.52. The summed E-state index contributed by atoms with van der Waals surface area (Å²) in [7, 11) is -3.51. The van der Waals surface area contributed by atoms with Gasteiger partial charge in [0, 0.05) is 11.9 Å². The van der Waals surface area contributed by atoms with Gasteiger partial charge in [0.1, 0.15) is 0 Å². The van der Waals surface area contributed by atoms with Gasteiger partial charge in [0.25, 0.3) is 0 Å². The minimum atomic E-state index is -3.51. The van der Waals surface area contributed by atoms with E-state index in [4.69, 9.17) is 5.11 Å².